The van der Waals surface area contributed by atoms with Crippen LogP contribution in [-0.2, 0) is 32.3 Å². The van der Waals surface area contributed by atoms with E-state index >= 15 is 0 Å². The number of hydrogen-bond acceptors (Lipinski definition) is 13. The smallest absolute Gasteiger partial charge is 0.255 e. The van der Waals surface area contributed by atoms with Crippen LogP contribution in [0.3, 0.4) is 0 Å². The number of likely N-dealkylation sites (N-methyl/N-ethyl adjacent to an activating group) is 1. The number of halogens is 1. The summed E-state index contributed by atoms with van der Waals surface area (Å²) in [6.45, 7) is 6.64. The molecule has 18 nitrogen and oxygen atoms in total. The van der Waals surface area contributed by atoms with Crippen LogP contribution in [0.25, 0.3) is 0 Å². The molecular formula is C48H56BrN11O7. The number of nitrogens with one attached hydrogen (secondary N) is 5. The number of carbonyl (C=O) groups excluding carboxylic acids is 6. The maximum Gasteiger partial charge on any atom is 0.255 e. The first kappa shape index (κ1) is 47.1. The van der Waals surface area contributed by atoms with E-state index in [1.165, 1.54) is 4.90 Å². The van der Waals surface area contributed by atoms with E-state index in [0.29, 0.717) is 83.6 Å². The summed E-state index contributed by atoms with van der Waals surface area (Å²) in [7, 11) is 3.29. The van der Waals surface area contributed by atoms with Crippen LogP contribution in [0.1, 0.15) is 83.7 Å². The van der Waals surface area contributed by atoms with Crippen molar-refractivity contribution in [2.45, 2.75) is 83.1 Å². The molecule has 1 aromatic heterocycles. The zero-order chi connectivity index (χ0) is 47.2. The molecule has 352 valence electrons. The van der Waals surface area contributed by atoms with Crippen LogP contribution in [0.2, 0.25) is 0 Å². The molecule has 2 saturated heterocycles. The van der Waals surface area contributed by atoms with Crippen LogP contribution in [0, 0.1) is 0 Å². The summed E-state index contributed by atoms with van der Waals surface area (Å²) in [6.07, 6.45) is 5.27. The fourth-order valence-corrected chi connectivity index (χ4v) is 9.41. The number of fused-ring (bicyclic) bond motifs is 2. The lowest BCUT2D eigenvalue weighted by atomic mass is 10.0. The van der Waals surface area contributed by atoms with E-state index < -0.39 is 18.0 Å². The van der Waals surface area contributed by atoms with Gasteiger partial charge in [0.1, 0.15) is 23.5 Å². The Morgan fingerprint density at radius 2 is 1.76 bits per heavy atom. The van der Waals surface area contributed by atoms with Crippen LogP contribution in [-0.4, -0.2) is 120 Å². The van der Waals surface area contributed by atoms with Crippen molar-refractivity contribution in [3.05, 3.63) is 93.6 Å². The third-order valence-corrected chi connectivity index (χ3v) is 13.4. The van der Waals surface area contributed by atoms with Gasteiger partial charge < -0.3 is 45.6 Å². The number of aromatic nitrogens is 2. The van der Waals surface area contributed by atoms with Gasteiger partial charge in [-0.15, -0.1) is 0 Å². The highest BCUT2D eigenvalue weighted by atomic mass is 79.9. The topological polar surface area (TPSA) is 211 Å². The molecule has 2 fully saturated rings. The summed E-state index contributed by atoms with van der Waals surface area (Å²) in [6, 6.07) is 17.3. The van der Waals surface area contributed by atoms with Gasteiger partial charge in [0.05, 0.1) is 19.0 Å². The van der Waals surface area contributed by atoms with Gasteiger partial charge in [-0.2, -0.15) is 4.98 Å². The average Bonchev–Trinajstić information content (AvgIpc) is 3.66. The molecule has 0 bridgehead atoms. The number of imide groups is 1. The van der Waals surface area contributed by atoms with E-state index in [-0.39, 0.29) is 55.0 Å². The number of methoxy groups -OCH3 is 1. The molecule has 8 rings (SSSR count). The van der Waals surface area contributed by atoms with Crippen molar-refractivity contribution in [3.8, 4) is 5.75 Å². The first-order valence-corrected chi connectivity index (χ1v) is 23.6. The summed E-state index contributed by atoms with van der Waals surface area (Å²) in [5, 5.41) is 15.2. The molecule has 0 saturated carbocycles. The van der Waals surface area contributed by atoms with Gasteiger partial charge in [0.15, 0.2) is 5.82 Å². The van der Waals surface area contributed by atoms with Crippen LogP contribution in [0.4, 0.5) is 28.8 Å². The average molecular weight is 979 g/mol. The van der Waals surface area contributed by atoms with Gasteiger partial charge in [-0.25, -0.2) is 4.98 Å². The van der Waals surface area contributed by atoms with Crippen molar-refractivity contribution in [1.82, 2.24) is 35.7 Å². The molecule has 4 aromatic rings. The third kappa shape index (κ3) is 10.7. The largest absolute Gasteiger partial charge is 0.495 e. The van der Waals surface area contributed by atoms with Crippen LogP contribution in [0.15, 0.2) is 71.3 Å². The standard InChI is InChI=1S/C48H56BrN11O7/c1-4-37-47(66)57(2)39-26-51-48(56-43(39)59(37)27-29-10-13-31(49)14-11-29)54-36-15-12-30(25-40(36)67-3)44(63)52-32-18-22-58(23-19-32)24-21-50-20-6-9-41(61)53-35-8-5-7-33-34(35)28-60(46(33)65)38-16-17-42(62)55-45(38)64/h5,7-8,10-15,25-26,32,37-38,50H,4,6,9,16-24,27-28H2,1-3H3,(H,52,63)(H,53,61)(H,51,54,56)(H,55,62,64)/t37-,38?/m1/s1. The van der Waals surface area contributed by atoms with Gasteiger partial charge in [0.2, 0.25) is 29.6 Å². The molecule has 4 aliphatic rings. The number of benzene rings is 3. The van der Waals surface area contributed by atoms with Crippen LogP contribution in [0.5, 0.6) is 5.75 Å². The lowest BCUT2D eigenvalue weighted by molar-refractivity contribution is -0.137. The molecule has 6 amide bonds. The van der Waals surface area contributed by atoms with E-state index in [1.807, 2.05) is 36.1 Å². The molecule has 1 unspecified atom stereocenters. The van der Waals surface area contributed by atoms with Crippen molar-refractivity contribution < 1.29 is 33.5 Å². The molecule has 5 heterocycles. The van der Waals surface area contributed by atoms with Gasteiger partial charge in [-0.05, 0) is 86.7 Å². The molecular weight excluding hydrogens is 923 g/mol. The second-order valence-corrected chi connectivity index (χ2v) is 18.2. The number of likely N-dealkylation sites (tertiary alicyclic amines) is 1. The first-order valence-electron chi connectivity index (χ1n) is 22.8. The molecule has 2 atom stereocenters. The Morgan fingerprint density at radius 3 is 2.51 bits per heavy atom. The zero-order valence-corrected chi connectivity index (χ0v) is 39.5. The van der Waals surface area contributed by atoms with Gasteiger partial charge in [-0.1, -0.05) is 41.1 Å². The summed E-state index contributed by atoms with van der Waals surface area (Å²) < 4.78 is 6.69. The Labute approximate surface area is 397 Å². The number of carbonyl (C=O) groups is 6. The number of piperidine rings is 2. The summed E-state index contributed by atoms with van der Waals surface area (Å²) in [5.74, 6) is -0.0184. The van der Waals surface area contributed by atoms with Gasteiger partial charge in [0.25, 0.3) is 11.8 Å². The van der Waals surface area contributed by atoms with E-state index in [1.54, 1.807) is 61.7 Å². The Morgan fingerprint density at radius 1 is 0.970 bits per heavy atom. The minimum Gasteiger partial charge on any atom is -0.495 e. The van der Waals surface area contributed by atoms with Gasteiger partial charge >= 0.3 is 0 Å². The number of hydrogen-bond donors (Lipinski definition) is 5. The maximum atomic E-state index is 13.4. The quantitative estimate of drug-likeness (QED) is 0.0718. The second-order valence-electron chi connectivity index (χ2n) is 17.2. The number of amides is 6. The molecule has 4 aliphatic heterocycles. The molecule has 0 aliphatic carbocycles. The Bertz CT molecular complexity index is 2530. The van der Waals surface area contributed by atoms with Crippen molar-refractivity contribution in [3.63, 3.8) is 0 Å². The van der Waals surface area contributed by atoms with Gasteiger partial charge in [0, 0.05) is 92.1 Å². The zero-order valence-electron chi connectivity index (χ0n) is 37.9. The monoisotopic (exact) mass is 977 g/mol. The highest BCUT2D eigenvalue weighted by Gasteiger charge is 2.40. The summed E-state index contributed by atoms with van der Waals surface area (Å²) in [4.78, 5) is 93.8. The lowest BCUT2D eigenvalue weighted by Gasteiger charge is -2.40. The first-order chi connectivity index (χ1) is 32.4. The molecule has 19 heteroatoms. The molecule has 67 heavy (non-hydrogen) atoms. The van der Waals surface area contributed by atoms with E-state index in [9.17, 15) is 28.8 Å². The Hall–Kier alpha value is -6.44. The number of nitrogens with zero attached hydrogens (tertiary/aromatic N) is 6. The number of ether oxygens (including phenoxy) is 1. The minimum atomic E-state index is -0.718. The number of anilines is 5. The van der Waals surface area contributed by atoms with Crippen molar-refractivity contribution in [2.75, 3.05) is 67.3 Å². The van der Waals surface area contributed by atoms with Gasteiger partial charge in [-0.3, -0.25) is 34.1 Å². The normalized spacial score (nSPS) is 18.7. The second kappa shape index (κ2) is 21.0. The third-order valence-electron chi connectivity index (χ3n) is 12.9. The Balaban J connectivity index is 0.761. The molecule has 0 radical (unpaired) electrons. The fourth-order valence-electron chi connectivity index (χ4n) is 9.14. The lowest BCUT2D eigenvalue weighted by Crippen LogP contribution is -2.52. The maximum absolute atomic E-state index is 13.4. The van der Waals surface area contributed by atoms with E-state index in [2.05, 4.69) is 52.4 Å². The van der Waals surface area contributed by atoms with Crippen LogP contribution < -0.4 is 41.1 Å². The molecule has 3 aromatic carbocycles. The SMILES string of the molecule is CC[C@@H]1C(=O)N(C)c2cnc(Nc3ccc(C(=O)NC4CCN(CCNCCCC(=O)Nc5cccc6c5CN(C5CCC(=O)NC5=O)C6=O)CC4)cc3OC)nc2N1Cc1ccc(Br)cc1. The highest BCUT2D eigenvalue weighted by Crippen LogP contribution is 2.38. The van der Waals surface area contributed by atoms with Crippen molar-refractivity contribution >= 4 is 80.2 Å². The van der Waals surface area contributed by atoms with E-state index in [0.717, 1.165) is 49.1 Å². The predicted octanol–water partition coefficient (Wildman–Crippen LogP) is 4.72. The molecule has 5 N–H and O–H groups in total. The van der Waals surface area contributed by atoms with Crippen molar-refractivity contribution in [2.24, 2.45) is 0 Å². The van der Waals surface area contributed by atoms with Crippen molar-refractivity contribution in [1.29, 1.82) is 0 Å². The Kier molecular flexibility index (Phi) is 14.8. The highest BCUT2D eigenvalue weighted by molar-refractivity contribution is 9.10. The summed E-state index contributed by atoms with van der Waals surface area (Å²) >= 11 is 3.50. The van der Waals surface area contributed by atoms with Crippen LogP contribution >= 0.6 is 15.9 Å². The minimum absolute atomic E-state index is 0.0149. The van der Waals surface area contributed by atoms with E-state index in [4.69, 9.17) is 9.72 Å². The molecule has 0 spiro atoms. The predicted molar refractivity (Wildman–Crippen MR) is 256 cm³/mol. The number of rotatable bonds is 17. The fraction of sp³-hybridized carbons (Fsp3) is 0.417. The summed E-state index contributed by atoms with van der Waals surface area (Å²) in [5.41, 5.74) is 4.41.